The van der Waals surface area contributed by atoms with Crippen molar-refractivity contribution in [3.8, 4) is 0 Å². The fourth-order valence-electron chi connectivity index (χ4n) is 2.87. The van der Waals surface area contributed by atoms with Gasteiger partial charge in [-0.25, -0.2) is 13.4 Å². The van der Waals surface area contributed by atoms with Gasteiger partial charge in [-0.2, -0.15) is 4.31 Å². The number of benzene rings is 1. The second-order valence-electron chi connectivity index (χ2n) is 6.34. The van der Waals surface area contributed by atoms with Crippen molar-refractivity contribution in [2.24, 2.45) is 0 Å². The van der Waals surface area contributed by atoms with Crippen molar-refractivity contribution >= 4 is 15.9 Å². The molecule has 1 N–H and O–H groups in total. The summed E-state index contributed by atoms with van der Waals surface area (Å²) in [6.45, 7) is 2.00. The standard InChI is InChI=1S/C18H24N4O4S/c23-17(19-8-4-7-16-5-2-1-3-6-16)13-21-14-18(20-15-21)27(24,25)22-9-11-26-12-10-22/h1-3,5-6,14-15H,4,7-13H2,(H,19,23). The van der Waals surface area contributed by atoms with Gasteiger partial charge in [-0.05, 0) is 18.4 Å². The number of sulfonamides is 1. The molecule has 2 heterocycles. The first-order chi connectivity index (χ1) is 13.1. The van der Waals surface area contributed by atoms with Crippen molar-refractivity contribution in [1.29, 1.82) is 0 Å². The lowest BCUT2D eigenvalue weighted by molar-refractivity contribution is -0.121. The Morgan fingerprint density at radius 2 is 1.93 bits per heavy atom. The van der Waals surface area contributed by atoms with Crippen molar-refractivity contribution in [2.45, 2.75) is 24.4 Å². The predicted molar refractivity (Wildman–Crippen MR) is 99.6 cm³/mol. The lowest BCUT2D eigenvalue weighted by atomic mass is 10.1. The molecule has 1 amide bonds. The first kappa shape index (κ1) is 19.5. The van der Waals surface area contributed by atoms with E-state index in [4.69, 9.17) is 4.74 Å². The Balaban J connectivity index is 1.46. The predicted octanol–water partition coefficient (Wildman–Crippen LogP) is 0.653. The number of carbonyl (C=O) groups excluding carboxylic acids is 1. The first-order valence-electron chi connectivity index (χ1n) is 8.96. The summed E-state index contributed by atoms with van der Waals surface area (Å²) in [7, 11) is -3.64. The van der Waals surface area contributed by atoms with Crippen LogP contribution in [0, 0.1) is 0 Å². The fourth-order valence-corrected chi connectivity index (χ4v) is 4.21. The minimum atomic E-state index is -3.64. The van der Waals surface area contributed by atoms with Crippen molar-refractivity contribution in [3.63, 3.8) is 0 Å². The molecule has 0 aliphatic carbocycles. The van der Waals surface area contributed by atoms with E-state index in [1.54, 1.807) is 0 Å². The van der Waals surface area contributed by atoms with E-state index in [1.807, 2.05) is 18.2 Å². The lowest BCUT2D eigenvalue weighted by Gasteiger charge is -2.24. The van der Waals surface area contributed by atoms with E-state index in [9.17, 15) is 13.2 Å². The summed E-state index contributed by atoms with van der Waals surface area (Å²) in [5.41, 5.74) is 1.24. The van der Waals surface area contributed by atoms with Crippen molar-refractivity contribution in [3.05, 3.63) is 48.4 Å². The van der Waals surface area contributed by atoms with Crippen molar-refractivity contribution in [2.75, 3.05) is 32.8 Å². The maximum absolute atomic E-state index is 12.5. The van der Waals surface area contributed by atoms with Crippen LogP contribution in [0.5, 0.6) is 0 Å². The Kier molecular flexibility index (Phi) is 6.59. The third kappa shape index (κ3) is 5.38. The van der Waals surface area contributed by atoms with Crippen LogP contribution in [0.3, 0.4) is 0 Å². The Labute approximate surface area is 159 Å². The van der Waals surface area contributed by atoms with Gasteiger partial charge < -0.3 is 14.6 Å². The number of aryl methyl sites for hydroxylation is 1. The smallest absolute Gasteiger partial charge is 0.262 e. The number of amides is 1. The molecule has 0 saturated carbocycles. The highest BCUT2D eigenvalue weighted by Gasteiger charge is 2.28. The molecule has 2 aromatic rings. The summed E-state index contributed by atoms with van der Waals surface area (Å²) in [5.74, 6) is -0.171. The Hall–Kier alpha value is -2.23. The minimum Gasteiger partial charge on any atom is -0.379 e. The van der Waals surface area contributed by atoms with Crippen LogP contribution in [0.25, 0.3) is 0 Å². The van der Waals surface area contributed by atoms with E-state index in [-0.39, 0.29) is 17.5 Å². The molecule has 0 unspecified atom stereocenters. The van der Waals surface area contributed by atoms with Crippen molar-refractivity contribution < 1.29 is 17.9 Å². The molecule has 1 aromatic heterocycles. The molecular weight excluding hydrogens is 368 g/mol. The SMILES string of the molecule is O=C(Cn1cnc(S(=O)(=O)N2CCOCC2)c1)NCCCc1ccccc1. The van der Waals surface area contributed by atoms with Crippen LogP contribution in [0.4, 0.5) is 0 Å². The second kappa shape index (κ2) is 9.12. The van der Waals surface area contributed by atoms with E-state index in [1.165, 1.54) is 27.0 Å². The number of imidazole rings is 1. The zero-order valence-corrected chi connectivity index (χ0v) is 15.9. The highest BCUT2D eigenvalue weighted by atomic mass is 32.2. The molecule has 0 spiro atoms. The largest absolute Gasteiger partial charge is 0.379 e. The van der Waals surface area contributed by atoms with Crippen LogP contribution in [0.1, 0.15) is 12.0 Å². The molecule has 1 saturated heterocycles. The number of ether oxygens (including phenoxy) is 1. The molecule has 27 heavy (non-hydrogen) atoms. The number of nitrogens with one attached hydrogen (secondary N) is 1. The highest BCUT2D eigenvalue weighted by molar-refractivity contribution is 7.89. The van der Waals surface area contributed by atoms with E-state index in [0.717, 1.165) is 12.8 Å². The van der Waals surface area contributed by atoms with Gasteiger partial charge in [-0.15, -0.1) is 0 Å². The summed E-state index contributed by atoms with van der Waals surface area (Å²) in [4.78, 5) is 16.0. The van der Waals surface area contributed by atoms with Gasteiger partial charge in [0.2, 0.25) is 5.91 Å². The molecule has 1 aliphatic rings. The third-order valence-electron chi connectivity index (χ3n) is 4.32. The van der Waals surface area contributed by atoms with Crippen LogP contribution < -0.4 is 5.32 Å². The van der Waals surface area contributed by atoms with E-state index >= 15 is 0 Å². The van der Waals surface area contributed by atoms with Gasteiger partial charge in [0.25, 0.3) is 10.0 Å². The number of nitrogens with zero attached hydrogens (tertiary/aromatic N) is 3. The Morgan fingerprint density at radius 1 is 1.19 bits per heavy atom. The Bertz CT molecular complexity index is 845. The highest BCUT2D eigenvalue weighted by Crippen LogP contribution is 2.14. The average molecular weight is 392 g/mol. The van der Waals surface area contributed by atoms with Gasteiger partial charge >= 0.3 is 0 Å². The number of carbonyl (C=O) groups is 1. The van der Waals surface area contributed by atoms with Crippen LogP contribution >= 0.6 is 0 Å². The summed E-state index contributed by atoms with van der Waals surface area (Å²) >= 11 is 0. The number of rotatable bonds is 8. The molecule has 1 aromatic carbocycles. The fraction of sp³-hybridized carbons (Fsp3) is 0.444. The van der Waals surface area contributed by atoms with Gasteiger partial charge in [0.05, 0.1) is 19.5 Å². The van der Waals surface area contributed by atoms with E-state index in [0.29, 0.717) is 32.8 Å². The zero-order chi connectivity index (χ0) is 19.1. The maximum atomic E-state index is 12.5. The topological polar surface area (TPSA) is 93.5 Å². The van der Waals surface area contributed by atoms with Crippen molar-refractivity contribution in [1.82, 2.24) is 19.2 Å². The minimum absolute atomic E-state index is 0.0387. The van der Waals surface area contributed by atoms with Gasteiger partial charge in [-0.3, -0.25) is 4.79 Å². The van der Waals surface area contributed by atoms with Gasteiger partial charge in [-0.1, -0.05) is 30.3 Å². The van der Waals surface area contributed by atoms with Gasteiger partial charge in [0.1, 0.15) is 6.54 Å². The van der Waals surface area contributed by atoms with Crippen LogP contribution in [0.15, 0.2) is 47.9 Å². The van der Waals surface area contributed by atoms with Gasteiger partial charge in [0.15, 0.2) is 5.03 Å². The lowest BCUT2D eigenvalue weighted by Crippen LogP contribution is -2.40. The average Bonchev–Trinajstić information content (AvgIpc) is 3.16. The maximum Gasteiger partial charge on any atom is 0.262 e. The summed E-state index contributed by atoms with van der Waals surface area (Å²) < 4.78 is 33.1. The van der Waals surface area contributed by atoms with E-state index < -0.39 is 10.0 Å². The zero-order valence-electron chi connectivity index (χ0n) is 15.1. The van der Waals surface area contributed by atoms with Crippen LogP contribution in [-0.4, -0.2) is 61.0 Å². The van der Waals surface area contributed by atoms with Gasteiger partial charge in [0, 0.05) is 25.8 Å². The molecule has 0 atom stereocenters. The Morgan fingerprint density at radius 3 is 2.67 bits per heavy atom. The second-order valence-corrected chi connectivity index (χ2v) is 8.22. The van der Waals surface area contributed by atoms with Crippen LogP contribution in [-0.2, 0) is 32.5 Å². The molecule has 1 aliphatic heterocycles. The quantitative estimate of drug-likeness (QED) is 0.666. The number of morpholine rings is 1. The molecule has 146 valence electrons. The monoisotopic (exact) mass is 392 g/mol. The van der Waals surface area contributed by atoms with Crippen LogP contribution in [0.2, 0.25) is 0 Å². The normalized spacial score (nSPS) is 15.6. The molecule has 1 fully saturated rings. The summed E-state index contributed by atoms with van der Waals surface area (Å²) in [6, 6.07) is 10.1. The summed E-state index contributed by atoms with van der Waals surface area (Å²) in [5, 5.41) is 2.81. The molecule has 9 heteroatoms. The molecular formula is C18H24N4O4S. The third-order valence-corrected chi connectivity index (χ3v) is 6.10. The molecule has 3 rings (SSSR count). The number of hydrogen-bond donors (Lipinski definition) is 1. The number of hydrogen-bond acceptors (Lipinski definition) is 5. The summed E-state index contributed by atoms with van der Waals surface area (Å²) in [6.07, 6.45) is 4.51. The molecule has 0 radical (unpaired) electrons. The molecule has 8 nitrogen and oxygen atoms in total. The number of aromatic nitrogens is 2. The molecule has 0 bridgehead atoms. The van der Waals surface area contributed by atoms with E-state index in [2.05, 4.69) is 22.4 Å². The first-order valence-corrected chi connectivity index (χ1v) is 10.4.